The Kier molecular flexibility index (Phi) is 4.79. The standard InChI is InChI=1S/C14H18F3NO.ClH/c1-12(2)8-18-13(3,19-9-12)10-6-4-5-7-11(10)14(15,16)17;/h4-7,18H,8-9H2,1-3H3;1H. The molecule has 0 bridgehead atoms. The summed E-state index contributed by atoms with van der Waals surface area (Å²) < 4.78 is 44.8. The van der Waals surface area contributed by atoms with E-state index in [0.29, 0.717) is 13.2 Å². The summed E-state index contributed by atoms with van der Waals surface area (Å²) in [6, 6.07) is 5.54. The van der Waals surface area contributed by atoms with E-state index in [-0.39, 0.29) is 23.4 Å². The van der Waals surface area contributed by atoms with Gasteiger partial charge in [-0.05, 0) is 13.0 Å². The van der Waals surface area contributed by atoms with E-state index in [1.807, 2.05) is 13.8 Å². The summed E-state index contributed by atoms with van der Waals surface area (Å²) >= 11 is 0. The molecule has 1 N–H and O–H groups in total. The minimum absolute atomic E-state index is 0. The highest BCUT2D eigenvalue weighted by Crippen LogP contribution is 2.39. The average Bonchev–Trinajstić information content (AvgIpc) is 2.32. The maximum absolute atomic E-state index is 13.0. The van der Waals surface area contributed by atoms with Crippen LogP contribution in [0, 0.1) is 5.41 Å². The Bertz CT molecular complexity index is 464. The van der Waals surface area contributed by atoms with Gasteiger partial charge in [-0.15, -0.1) is 12.4 Å². The van der Waals surface area contributed by atoms with Gasteiger partial charge in [0.25, 0.3) is 0 Å². The number of hydrogen-bond donors (Lipinski definition) is 1. The lowest BCUT2D eigenvalue weighted by molar-refractivity contribution is -0.154. The van der Waals surface area contributed by atoms with Crippen LogP contribution in [0.15, 0.2) is 24.3 Å². The van der Waals surface area contributed by atoms with Crippen LogP contribution in [0.4, 0.5) is 13.2 Å². The van der Waals surface area contributed by atoms with Crippen molar-refractivity contribution < 1.29 is 17.9 Å². The van der Waals surface area contributed by atoms with E-state index in [2.05, 4.69) is 5.32 Å². The zero-order valence-electron chi connectivity index (χ0n) is 11.7. The zero-order chi connectivity index (χ0) is 14.3. The predicted molar refractivity (Wildman–Crippen MR) is 73.8 cm³/mol. The first-order valence-corrected chi connectivity index (χ1v) is 6.20. The van der Waals surface area contributed by atoms with Crippen LogP contribution in [0.5, 0.6) is 0 Å². The molecule has 6 heteroatoms. The lowest BCUT2D eigenvalue weighted by Gasteiger charge is -2.43. The smallest absolute Gasteiger partial charge is 0.356 e. The molecule has 1 unspecified atom stereocenters. The largest absolute Gasteiger partial charge is 0.416 e. The van der Waals surface area contributed by atoms with Crippen molar-refractivity contribution in [2.24, 2.45) is 5.41 Å². The zero-order valence-corrected chi connectivity index (χ0v) is 12.5. The molecule has 0 radical (unpaired) electrons. The molecule has 0 aromatic heterocycles. The van der Waals surface area contributed by atoms with Crippen molar-refractivity contribution in [3.63, 3.8) is 0 Å². The number of nitrogens with one attached hydrogen (secondary N) is 1. The predicted octanol–water partition coefficient (Wildman–Crippen LogP) is 3.95. The molecular weight excluding hydrogens is 291 g/mol. The number of halogens is 4. The lowest BCUT2D eigenvalue weighted by atomic mass is 9.89. The van der Waals surface area contributed by atoms with Gasteiger partial charge in [0.05, 0.1) is 12.2 Å². The third kappa shape index (κ3) is 3.45. The fourth-order valence-electron chi connectivity index (χ4n) is 2.17. The molecule has 0 spiro atoms. The van der Waals surface area contributed by atoms with Crippen LogP contribution in [-0.2, 0) is 16.6 Å². The van der Waals surface area contributed by atoms with E-state index in [1.54, 1.807) is 13.0 Å². The first kappa shape index (κ1) is 17.3. The van der Waals surface area contributed by atoms with E-state index in [4.69, 9.17) is 4.74 Å². The third-order valence-electron chi connectivity index (χ3n) is 3.40. The molecule has 2 nitrogen and oxygen atoms in total. The van der Waals surface area contributed by atoms with Crippen LogP contribution in [0.2, 0.25) is 0 Å². The monoisotopic (exact) mass is 309 g/mol. The van der Waals surface area contributed by atoms with Crippen LogP contribution in [-0.4, -0.2) is 13.2 Å². The Morgan fingerprint density at radius 3 is 2.25 bits per heavy atom. The van der Waals surface area contributed by atoms with Crippen molar-refractivity contribution in [3.8, 4) is 0 Å². The van der Waals surface area contributed by atoms with Crippen LogP contribution in [0.3, 0.4) is 0 Å². The Morgan fingerprint density at radius 2 is 1.75 bits per heavy atom. The highest BCUT2D eigenvalue weighted by molar-refractivity contribution is 5.85. The molecule has 1 fully saturated rings. The number of ether oxygens (including phenoxy) is 1. The summed E-state index contributed by atoms with van der Waals surface area (Å²) in [6.45, 7) is 6.69. The summed E-state index contributed by atoms with van der Waals surface area (Å²) in [5, 5.41) is 3.09. The van der Waals surface area contributed by atoms with Crippen LogP contribution in [0.25, 0.3) is 0 Å². The van der Waals surface area contributed by atoms with Gasteiger partial charge in [0, 0.05) is 17.5 Å². The molecular formula is C14H19ClF3NO. The van der Waals surface area contributed by atoms with E-state index < -0.39 is 17.5 Å². The molecule has 1 aliphatic rings. The first-order chi connectivity index (χ1) is 8.64. The Balaban J connectivity index is 0.00000200. The van der Waals surface area contributed by atoms with Gasteiger partial charge in [-0.2, -0.15) is 13.2 Å². The molecule has 2 rings (SSSR count). The lowest BCUT2D eigenvalue weighted by Crippen LogP contribution is -2.54. The molecule has 20 heavy (non-hydrogen) atoms. The summed E-state index contributed by atoms with van der Waals surface area (Å²) in [5.41, 5.74) is -1.68. The van der Waals surface area contributed by atoms with Gasteiger partial charge in [-0.3, -0.25) is 5.32 Å². The average molecular weight is 310 g/mol. The van der Waals surface area contributed by atoms with Gasteiger partial charge in [0.15, 0.2) is 0 Å². The molecule has 1 aromatic carbocycles. The van der Waals surface area contributed by atoms with Crippen LogP contribution < -0.4 is 5.32 Å². The van der Waals surface area contributed by atoms with E-state index in [0.717, 1.165) is 6.07 Å². The first-order valence-electron chi connectivity index (χ1n) is 6.20. The molecule has 1 aliphatic heterocycles. The topological polar surface area (TPSA) is 21.3 Å². The number of rotatable bonds is 1. The Morgan fingerprint density at radius 1 is 1.15 bits per heavy atom. The van der Waals surface area contributed by atoms with Gasteiger partial charge >= 0.3 is 6.18 Å². The summed E-state index contributed by atoms with van der Waals surface area (Å²) in [4.78, 5) is 0. The summed E-state index contributed by atoms with van der Waals surface area (Å²) in [7, 11) is 0. The fraction of sp³-hybridized carbons (Fsp3) is 0.571. The second kappa shape index (κ2) is 5.54. The van der Waals surface area contributed by atoms with Gasteiger partial charge in [-0.1, -0.05) is 32.0 Å². The highest BCUT2D eigenvalue weighted by Gasteiger charge is 2.43. The summed E-state index contributed by atoms with van der Waals surface area (Å²) in [6.07, 6.45) is -4.38. The molecule has 0 saturated carbocycles. The molecule has 1 saturated heterocycles. The van der Waals surface area contributed by atoms with Gasteiger partial charge < -0.3 is 4.74 Å². The van der Waals surface area contributed by atoms with E-state index in [1.165, 1.54) is 12.1 Å². The van der Waals surface area contributed by atoms with E-state index in [9.17, 15) is 13.2 Å². The molecule has 0 amide bonds. The van der Waals surface area contributed by atoms with Gasteiger partial charge in [0.1, 0.15) is 5.72 Å². The Labute approximate surface area is 123 Å². The minimum atomic E-state index is -4.38. The molecule has 1 atom stereocenters. The molecule has 114 valence electrons. The molecule has 0 aliphatic carbocycles. The maximum atomic E-state index is 13.0. The highest BCUT2D eigenvalue weighted by atomic mass is 35.5. The molecule has 1 aromatic rings. The number of benzene rings is 1. The van der Waals surface area contributed by atoms with Crippen LogP contribution >= 0.6 is 12.4 Å². The number of alkyl halides is 3. The van der Waals surface area contributed by atoms with E-state index >= 15 is 0 Å². The van der Waals surface area contributed by atoms with Crippen molar-refractivity contribution in [2.75, 3.05) is 13.2 Å². The van der Waals surface area contributed by atoms with Gasteiger partial charge in [-0.25, -0.2) is 0 Å². The quantitative estimate of drug-likeness (QED) is 0.848. The molecule has 1 heterocycles. The van der Waals surface area contributed by atoms with Gasteiger partial charge in [0.2, 0.25) is 0 Å². The van der Waals surface area contributed by atoms with Crippen molar-refractivity contribution in [2.45, 2.75) is 32.7 Å². The Hall–Kier alpha value is -0.780. The van der Waals surface area contributed by atoms with Crippen molar-refractivity contribution >= 4 is 12.4 Å². The van der Waals surface area contributed by atoms with Crippen molar-refractivity contribution in [1.82, 2.24) is 5.32 Å². The second-order valence-corrected chi connectivity index (χ2v) is 5.88. The summed E-state index contributed by atoms with van der Waals surface area (Å²) in [5.74, 6) is 0. The van der Waals surface area contributed by atoms with Crippen molar-refractivity contribution in [1.29, 1.82) is 0 Å². The SMILES string of the molecule is CC1(C)CNC(C)(c2ccccc2C(F)(F)F)OC1.Cl. The fourth-order valence-corrected chi connectivity index (χ4v) is 2.17. The number of hydrogen-bond acceptors (Lipinski definition) is 2. The second-order valence-electron chi connectivity index (χ2n) is 5.88. The van der Waals surface area contributed by atoms with Crippen LogP contribution in [0.1, 0.15) is 31.9 Å². The maximum Gasteiger partial charge on any atom is 0.416 e. The normalized spacial score (nSPS) is 25.9. The minimum Gasteiger partial charge on any atom is -0.356 e. The third-order valence-corrected chi connectivity index (χ3v) is 3.40. The van der Waals surface area contributed by atoms with Crippen molar-refractivity contribution in [3.05, 3.63) is 35.4 Å².